The molecule has 17 heavy (non-hydrogen) atoms. The minimum atomic E-state index is -1.74. The molecular weight excluding hydrogens is 255 g/mol. The number of hydrogen-bond donors (Lipinski definition) is 1. The number of esters is 1. The number of halogens is 1. The van der Waals surface area contributed by atoms with E-state index in [0.29, 0.717) is 0 Å². The Balaban J connectivity index is 2.60. The predicted octanol–water partition coefficient (Wildman–Crippen LogP) is 0.473. The van der Waals surface area contributed by atoms with Gasteiger partial charge in [0.25, 0.3) is 0 Å². The number of aliphatic hydroxyl groups excluding tert-OH is 1. The Labute approximate surface area is 101 Å². The molecule has 8 heteroatoms. The Morgan fingerprint density at radius 3 is 2.65 bits per heavy atom. The summed E-state index contributed by atoms with van der Waals surface area (Å²) in [5, 5.41) is 8.65. The number of hydrogen-bond acceptors (Lipinski definition) is 7. The molecule has 1 aliphatic heterocycles. The van der Waals surface area contributed by atoms with Crippen molar-refractivity contribution in [3.8, 4) is 0 Å². The number of methoxy groups -OCH3 is 1. The number of alkyl halides is 1. The zero-order valence-corrected chi connectivity index (χ0v) is 10.1. The fourth-order valence-corrected chi connectivity index (χ4v) is 2.50. The summed E-state index contributed by atoms with van der Waals surface area (Å²) in [6.45, 7) is 1.07. The lowest BCUT2D eigenvalue weighted by Gasteiger charge is -2.18. The van der Waals surface area contributed by atoms with Crippen LogP contribution in [-0.4, -0.2) is 53.9 Å². The first kappa shape index (κ1) is 14.0. The van der Waals surface area contributed by atoms with Gasteiger partial charge in [-0.15, -0.1) is 11.8 Å². The molecule has 0 aromatic heterocycles. The van der Waals surface area contributed by atoms with E-state index >= 15 is 0 Å². The SMILES string of the molecule is COC(=O)O[C@H]1[C@H](F)C(O)S[C@@H]1COC(C)=O. The minimum Gasteiger partial charge on any atom is -0.465 e. The molecule has 1 aliphatic rings. The largest absolute Gasteiger partial charge is 0.508 e. The van der Waals surface area contributed by atoms with Gasteiger partial charge in [-0.05, 0) is 0 Å². The standard InChI is InChI=1S/C9H13FO6S/c1-4(11)15-3-5-7(16-9(13)14-2)6(10)8(12)17-5/h5-8,12H,3H2,1-2H3/t5-,6+,7-,8?/m1/s1. The third-order valence-electron chi connectivity index (χ3n) is 2.12. The molecule has 0 aromatic carbocycles. The molecule has 0 bridgehead atoms. The predicted molar refractivity (Wildman–Crippen MR) is 56.2 cm³/mol. The number of carbonyl (C=O) groups is 2. The van der Waals surface area contributed by atoms with Crippen molar-refractivity contribution in [2.45, 2.75) is 29.9 Å². The molecule has 1 heterocycles. The summed E-state index contributed by atoms with van der Waals surface area (Å²) in [6.07, 6.45) is -3.97. The summed E-state index contributed by atoms with van der Waals surface area (Å²) in [5.41, 5.74) is -1.31. The van der Waals surface area contributed by atoms with Gasteiger partial charge in [0.05, 0.1) is 12.4 Å². The summed E-state index contributed by atoms with van der Waals surface area (Å²) in [7, 11) is 1.09. The Morgan fingerprint density at radius 2 is 2.12 bits per heavy atom. The average molecular weight is 268 g/mol. The third-order valence-corrected chi connectivity index (χ3v) is 3.41. The number of carbonyl (C=O) groups excluding carboxylic acids is 2. The van der Waals surface area contributed by atoms with Gasteiger partial charge >= 0.3 is 12.1 Å². The van der Waals surface area contributed by atoms with Crippen molar-refractivity contribution < 1.29 is 33.3 Å². The second-order valence-electron chi connectivity index (χ2n) is 3.35. The van der Waals surface area contributed by atoms with Crippen molar-refractivity contribution in [2.75, 3.05) is 13.7 Å². The first-order valence-corrected chi connectivity index (χ1v) is 5.75. The molecule has 98 valence electrons. The maximum absolute atomic E-state index is 13.5. The third kappa shape index (κ3) is 3.74. The number of thioether (sulfide) groups is 1. The van der Waals surface area contributed by atoms with Gasteiger partial charge in [-0.3, -0.25) is 4.79 Å². The summed E-state index contributed by atoms with van der Waals surface area (Å²) < 4.78 is 27.1. The fourth-order valence-electron chi connectivity index (χ4n) is 1.33. The average Bonchev–Trinajstić information content (AvgIpc) is 2.54. The van der Waals surface area contributed by atoms with Crippen LogP contribution >= 0.6 is 11.8 Å². The van der Waals surface area contributed by atoms with Crippen LogP contribution in [0.3, 0.4) is 0 Å². The summed E-state index contributed by atoms with van der Waals surface area (Å²) >= 11 is 0.847. The molecule has 4 atom stereocenters. The highest BCUT2D eigenvalue weighted by molar-refractivity contribution is 8.00. The first-order valence-electron chi connectivity index (χ1n) is 4.81. The lowest BCUT2D eigenvalue weighted by molar-refractivity contribution is -0.141. The maximum Gasteiger partial charge on any atom is 0.508 e. The van der Waals surface area contributed by atoms with Gasteiger partial charge in [0.1, 0.15) is 12.0 Å². The van der Waals surface area contributed by atoms with E-state index in [2.05, 4.69) is 9.47 Å². The molecule has 1 rings (SSSR count). The highest BCUT2D eigenvalue weighted by Gasteiger charge is 2.47. The highest BCUT2D eigenvalue weighted by Crippen LogP contribution is 2.37. The molecule has 0 saturated carbocycles. The smallest absolute Gasteiger partial charge is 0.465 e. The van der Waals surface area contributed by atoms with Crippen LogP contribution in [0.25, 0.3) is 0 Å². The van der Waals surface area contributed by atoms with E-state index in [1.54, 1.807) is 0 Å². The van der Waals surface area contributed by atoms with E-state index < -0.39 is 35.1 Å². The maximum atomic E-state index is 13.5. The molecule has 6 nitrogen and oxygen atoms in total. The molecule has 1 saturated heterocycles. The minimum absolute atomic E-state index is 0.140. The van der Waals surface area contributed by atoms with Crippen molar-refractivity contribution in [3.05, 3.63) is 0 Å². The van der Waals surface area contributed by atoms with E-state index in [-0.39, 0.29) is 6.61 Å². The van der Waals surface area contributed by atoms with E-state index in [1.165, 1.54) is 6.92 Å². The van der Waals surface area contributed by atoms with Gasteiger partial charge in [-0.2, -0.15) is 0 Å². The molecule has 0 aliphatic carbocycles. The Morgan fingerprint density at radius 1 is 1.47 bits per heavy atom. The van der Waals surface area contributed by atoms with Gasteiger partial charge in [0.15, 0.2) is 12.3 Å². The van der Waals surface area contributed by atoms with Crippen molar-refractivity contribution in [1.82, 2.24) is 0 Å². The molecular formula is C9H13FO6S. The van der Waals surface area contributed by atoms with Crippen LogP contribution in [0.1, 0.15) is 6.92 Å². The van der Waals surface area contributed by atoms with E-state index in [0.717, 1.165) is 18.9 Å². The van der Waals surface area contributed by atoms with Gasteiger partial charge in [-0.25, -0.2) is 9.18 Å². The molecule has 1 unspecified atom stereocenters. The van der Waals surface area contributed by atoms with Crippen LogP contribution in [0.5, 0.6) is 0 Å². The lowest BCUT2D eigenvalue weighted by atomic mass is 10.2. The van der Waals surface area contributed by atoms with Crippen molar-refractivity contribution in [2.24, 2.45) is 0 Å². The molecule has 0 spiro atoms. The van der Waals surface area contributed by atoms with Crippen LogP contribution in [0.15, 0.2) is 0 Å². The number of ether oxygens (including phenoxy) is 3. The van der Waals surface area contributed by atoms with Gasteiger partial charge < -0.3 is 19.3 Å². The van der Waals surface area contributed by atoms with Gasteiger partial charge in [0, 0.05) is 6.92 Å². The summed E-state index contributed by atoms with van der Waals surface area (Å²) in [4.78, 5) is 21.5. The first-order chi connectivity index (χ1) is 7.95. The van der Waals surface area contributed by atoms with Crippen LogP contribution in [-0.2, 0) is 19.0 Å². The zero-order chi connectivity index (χ0) is 13.0. The second kappa shape index (κ2) is 6.06. The fraction of sp³-hybridized carbons (Fsp3) is 0.778. The molecule has 0 aromatic rings. The second-order valence-corrected chi connectivity index (χ2v) is 4.71. The zero-order valence-electron chi connectivity index (χ0n) is 9.29. The van der Waals surface area contributed by atoms with Crippen LogP contribution in [0, 0.1) is 0 Å². The number of rotatable bonds is 3. The monoisotopic (exact) mass is 268 g/mol. The molecule has 0 radical (unpaired) electrons. The number of aliphatic hydroxyl groups is 1. The highest BCUT2D eigenvalue weighted by atomic mass is 32.2. The molecule has 1 fully saturated rings. The summed E-state index contributed by atoms with van der Waals surface area (Å²) in [6, 6.07) is 0. The van der Waals surface area contributed by atoms with Crippen LogP contribution in [0.2, 0.25) is 0 Å². The van der Waals surface area contributed by atoms with Gasteiger partial charge in [0.2, 0.25) is 0 Å². The van der Waals surface area contributed by atoms with E-state index in [9.17, 15) is 19.1 Å². The topological polar surface area (TPSA) is 82.1 Å². The normalized spacial score (nSPS) is 32.0. The van der Waals surface area contributed by atoms with Crippen molar-refractivity contribution in [3.63, 3.8) is 0 Å². The quantitative estimate of drug-likeness (QED) is 0.745. The molecule has 1 N–H and O–H groups in total. The Hall–Kier alpha value is -1.02. The Bertz CT molecular complexity index is 299. The summed E-state index contributed by atoms with van der Waals surface area (Å²) in [5.74, 6) is -0.529. The molecule has 0 amide bonds. The van der Waals surface area contributed by atoms with Crippen LogP contribution < -0.4 is 0 Å². The van der Waals surface area contributed by atoms with Crippen molar-refractivity contribution >= 4 is 23.9 Å². The van der Waals surface area contributed by atoms with Gasteiger partial charge in [-0.1, -0.05) is 0 Å². The van der Waals surface area contributed by atoms with Crippen molar-refractivity contribution in [1.29, 1.82) is 0 Å². The lowest BCUT2D eigenvalue weighted by Crippen LogP contribution is -2.36. The Kier molecular flexibility index (Phi) is 5.01. The van der Waals surface area contributed by atoms with E-state index in [1.807, 2.05) is 0 Å². The van der Waals surface area contributed by atoms with E-state index in [4.69, 9.17) is 4.74 Å². The van der Waals surface area contributed by atoms with Crippen LogP contribution in [0.4, 0.5) is 9.18 Å².